The molecule has 0 radical (unpaired) electrons. The molecule has 0 atom stereocenters. The van der Waals surface area contributed by atoms with E-state index in [9.17, 15) is 4.79 Å². The SMILES string of the molecule is Cc1ccc(C)c(NC(=O)c2cnc(C)cc2NN)c1. The quantitative estimate of drug-likeness (QED) is 0.591. The molecule has 0 fully saturated rings. The first kappa shape index (κ1) is 14.0. The number of nitrogens with two attached hydrogens (primary N) is 1. The summed E-state index contributed by atoms with van der Waals surface area (Å²) in [6.45, 7) is 5.77. The van der Waals surface area contributed by atoms with Crippen molar-refractivity contribution < 1.29 is 4.79 Å². The number of benzene rings is 1. The number of carbonyl (C=O) groups excluding carboxylic acids is 1. The Labute approximate surface area is 118 Å². The van der Waals surface area contributed by atoms with E-state index in [1.807, 2.05) is 39.0 Å². The summed E-state index contributed by atoms with van der Waals surface area (Å²) in [5.41, 5.74) is 7.18. The standard InChI is InChI=1S/C15H18N4O/c1-9-4-5-10(2)13(6-9)18-15(20)12-8-17-11(3)7-14(12)19-16/h4-8H,16H2,1-3H3,(H,17,19)(H,18,20). The Balaban J connectivity index is 2.30. The van der Waals surface area contributed by atoms with Gasteiger partial charge in [-0.2, -0.15) is 0 Å². The molecule has 5 nitrogen and oxygen atoms in total. The van der Waals surface area contributed by atoms with Crippen LogP contribution in [0.4, 0.5) is 11.4 Å². The summed E-state index contributed by atoms with van der Waals surface area (Å²) < 4.78 is 0. The summed E-state index contributed by atoms with van der Waals surface area (Å²) in [6.07, 6.45) is 1.52. The van der Waals surface area contributed by atoms with Gasteiger partial charge in [0.15, 0.2) is 0 Å². The largest absolute Gasteiger partial charge is 0.323 e. The van der Waals surface area contributed by atoms with Crippen LogP contribution in [0.25, 0.3) is 0 Å². The molecule has 1 aromatic heterocycles. The molecule has 20 heavy (non-hydrogen) atoms. The van der Waals surface area contributed by atoms with Gasteiger partial charge in [-0.05, 0) is 44.0 Å². The molecule has 0 spiro atoms. The van der Waals surface area contributed by atoms with E-state index in [4.69, 9.17) is 5.84 Å². The zero-order chi connectivity index (χ0) is 14.7. The van der Waals surface area contributed by atoms with E-state index in [2.05, 4.69) is 15.7 Å². The number of anilines is 2. The lowest BCUT2D eigenvalue weighted by Gasteiger charge is -2.12. The van der Waals surface area contributed by atoms with E-state index in [0.717, 1.165) is 22.5 Å². The topological polar surface area (TPSA) is 80.0 Å². The molecule has 0 saturated carbocycles. The molecule has 4 N–H and O–H groups in total. The number of hydrazine groups is 1. The molecule has 0 bridgehead atoms. The van der Waals surface area contributed by atoms with Crippen LogP contribution >= 0.6 is 0 Å². The molecule has 0 unspecified atom stereocenters. The highest BCUT2D eigenvalue weighted by Gasteiger charge is 2.13. The van der Waals surface area contributed by atoms with Crippen LogP contribution in [0.3, 0.4) is 0 Å². The summed E-state index contributed by atoms with van der Waals surface area (Å²) in [5, 5.41) is 2.89. The third kappa shape index (κ3) is 2.95. The number of amides is 1. The van der Waals surface area contributed by atoms with Crippen LogP contribution in [-0.2, 0) is 0 Å². The molecular formula is C15H18N4O. The van der Waals surface area contributed by atoms with Crippen molar-refractivity contribution in [2.45, 2.75) is 20.8 Å². The van der Waals surface area contributed by atoms with Gasteiger partial charge in [0.2, 0.25) is 0 Å². The first-order chi connectivity index (χ1) is 9.51. The maximum atomic E-state index is 12.3. The summed E-state index contributed by atoms with van der Waals surface area (Å²) in [6, 6.07) is 7.65. The predicted octanol–water partition coefficient (Wildman–Crippen LogP) is 2.54. The number of carbonyl (C=O) groups is 1. The number of nitrogens with one attached hydrogen (secondary N) is 2. The van der Waals surface area contributed by atoms with E-state index in [1.165, 1.54) is 6.20 Å². The first-order valence-corrected chi connectivity index (χ1v) is 6.33. The Morgan fingerprint density at radius 2 is 1.90 bits per heavy atom. The average Bonchev–Trinajstić information content (AvgIpc) is 2.42. The van der Waals surface area contributed by atoms with Crippen LogP contribution in [0.1, 0.15) is 27.2 Å². The second kappa shape index (κ2) is 5.71. The maximum absolute atomic E-state index is 12.3. The molecule has 2 rings (SSSR count). The Kier molecular flexibility index (Phi) is 4.00. The summed E-state index contributed by atoms with van der Waals surface area (Å²) >= 11 is 0. The van der Waals surface area contributed by atoms with Crippen LogP contribution in [-0.4, -0.2) is 10.9 Å². The summed E-state index contributed by atoms with van der Waals surface area (Å²) in [4.78, 5) is 16.5. The molecule has 0 saturated heterocycles. The average molecular weight is 270 g/mol. The fraction of sp³-hybridized carbons (Fsp3) is 0.200. The molecule has 0 aliphatic carbocycles. The molecule has 0 aliphatic heterocycles. The zero-order valence-electron chi connectivity index (χ0n) is 11.8. The van der Waals surface area contributed by atoms with Crippen molar-refractivity contribution >= 4 is 17.3 Å². The van der Waals surface area contributed by atoms with Crippen molar-refractivity contribution in [1.82, 2.24) is 4.98 Å². The second-order valence-electron chi connectivity index (χ2n) is 4.79. The minimum Gasteiger partial charge on any atom is -0.323 e. The van der Waals surface area contributed by atoms with Gasteiger partial charge in [0.25, 0.3) is 5.91 Å². The van der Waals surface area contributed by atoms with Crippen molar-refractivity contribution in [2.75, 3.05) is 10.7 Å². The Morgan fingerprint density at radius 1 is 1.15 bits per heavy atom. The van der Waals surface area contributed by atoms with E-state index in [0.29, 0.717) is 11.3 Å². The van der Waals surface area contributed by atoms with Crippen LogP contribution < -0.4 is 16.6 Å². The van der Waals surface area contributed by atoms with Gasteiger partial charge in [-0.25, -0.2) is 0 Å². The number of rotatable bonds is 3. The molecule has 1 amide bonds. The fourth-order valence-corrected chi connectivity index (χ4v) is 1.92. The number of aromatic nitrogens is 1. The Hall–Kier alpha value is -2.40. The normalized spacial score (nSPS) is 10.2. The molecule has 0 aliphatic rings. The van der Waals surface area contributed by atoms with Gasteiger partial charge in [0.1, 0.15) is 0 Å². The minimum atomic E-state index is -0.237. The van der Waals surface area contributed by atoms with Crippen molar-refractivity contribution in [3.63, 3.8) is 0 Å². The highest BCUT2D eigenvalue weighted by Crippen LogP contribution is 2.20. The third-order valence-electron chi connectivity index (χ3n) is 3.08. The molecule has 1 heterocycles. The van der Waals surface area contributed by atoms with Gasteiger partial charge in [-0.15, -0.1) is 0 Å². The lowest BCUT2D eigenvalue weighted by atomic mass is 10.1. The van der Waals surface area contributed by atoms with Crippen molar-refractivity contribution in [2.24, 2.45) is 5.84 Å². The highest BCUT2D eigenvalue weighted by atomic mass is 16.1. The first-order valence-electron chi connectivity index (χ1n) is 6.33. The number of aryl methyl sites for hydroxylation is 3. The van der Waals surface area contributed by atoms with Crippen LogP contribution in [0, 0.1) is 20.8 Å². The molecule has 104 valence electrons. The lowest BCUT2D eigenvalue weighted by Crippen LogP contribution is -2.18. The van der Waals surface area contributed by atoms with Gasteiger partial charge in [-0.3, -0.25) is 15.6 Å². The monoisotopic (exact) mass is 270 g/mol. The van der Waals surface area contributed by atoms with Gasteiger partial charge < -0.3 is 10.7 Å². The van der Waals surface area contributed by atoms with Crippen molar-refractivity contribution in [1.29, 1.82) is 0 Å². The highest BCUT2D eigenvalue weighted by molar-refractivity contribution is 6.08. The van der Waals surface area contributed by atoms with Gasteiger partial charge in [0.05, 0.1) is 11.3 Å². The molecular weight excluding hydrogens is 252 g/mol. The van der Waals surface area contributed by atoms with Gasteiger partial charge in [0, 0.05) is 17.6 Å². The third-order valence-corrected chi connectivity index (χ3v) is 3.08. The van der Waals surface area contributed by atoms with E-state index < -0.39 is 0 Å². The van der Waals surface area contributed by atoms with Crippen molar-refractivity contribution in [3.05, 3.63) is 52.8 Å². The van der Waals surface area contributed by atoms with Crippen LogP contribution in [0.2, 0.25) is 0 Å². The molecule has 2 aromatic rings. The maximum Gasteiger partial charge on any atom is 0.259 e. The summed E-state index contributed by atoms with van der Waals surface area (Å²) in [7, 11) is 0. The van der Waals surface area contributed by atoms with Crippen LogP contribution in [0.5, 0.6) is 0 Å². The van der Waals surface area contributed by atoms with Crippen molar-refractivity contribution in [3.8, 4) is 0 Å². The lowest BCUT2D eigenvalue weighted by molar-refractivity contribution is 0.102. The smallest absolute Gasteiger partial charge is 0.259 e. The van der Waals surface area contributed by atoms with Gasteiger partial charge in [-0.1, -0.05) is 12.1 Å². The van der Waals surface area contributed by atoms with E-state index in [-0.39, 0.29) is 5.91 Å². The Bertz CT molecular complexity index is 652. The molecule has 1 aromatic carbocycles. The zero-order valence-corrected chi connectivity index (χ0v) is 11.8. The van der Waals surface area contributed by atoms with Gasteiger partial charge >= 0.3 is 0 Å². The van der Waals surface area contributed by atoms with E-state index in [1.54, 1.807) is 6.07 Å². The Morgan fingerprint density at radius 3 is 2.60 bits per heavy atom. The second-order valence-corrected chi connectivity index (χ2v) is 4.79. The van der Waals surface area contributed by atoms with E-state index >= 15 is 0 Å². The number of nitrogen functional groups attached to an aromatic ring is 1. The fourth-order valence-electron chi connectivity index (χ4n) is 1.92. The minimum absolute atomic E-state index is 0.237. The number of hydrogen-bond acceptors (Lipinski definition) is 4. The van der Waals surface area contributed by atoms with Crippen LogP contribution in [0.15, 0.2) is 30.5 Å². The summed E-state index contributed by atoms with van der Waals surface area (Å²) in [5.74, 6) is 5.21. The number of nitrogens with zero attached hydrogens (tertiary/aromatic N) is 1. The number of hydrogen-bond donors (Lipinski definition) is 3. The molecule has 5 heteroatoms. The predicted molar refractivity (Wildman–Crippen MR) is 80.7 cm³/mol. The number of pyridine rings is 1.